The second-order valence-corrected chi connectivity index (χ2v) is 6.55. The minimum absolute atomic E-state index is 0.661. The van der Waals surface area contributed by atoms with Gasteiger partial charge < -0.3 is 5.73 Å². The summed E-state index contributed by atoms with van der Waals surface area (Å²) in [5.74, 6) is 0.661. The van der Waals surface area contributed by atoms with Gasteiger partial charge in [-0.05, 0) is 39.5 Å². The normalized spacial score (nSPS) is 10.9. The number of halogens is 2. The molecule has 20 heavy (non-hydrogen) atoms. The van der Waals surface area contributed by atoms with Crippen molar-refractivity contribution in [3.05, 3.63) is 45.2 Å². The third-order valence-corrected chi connectivity index (χ3v) is 5.15. The summed E-state index contributed by atoms with van der Waals surface area (Å²) in [6.45, 7) is 0. The summed E-state index contributed by atoms with van der Waals surface area (Å²) in [5.41, 5.74) is 8.99. The Morgan fingerprint density at radius 1 is 1.35 bits per heavy atom. The molecule has 0 aliphatic heterocycles. The molecule has 2 heterocycles. The van der Waals surface area contributed by atoms with E-state index in [-0.39, 0.29) is 0 Å². The van der Waals surface area contributed by atoms with Gasteiger partial charge in [-0.15, -0.1) is 11.3 Å². The SMILES string of the molecule is Cn1nc(-c2ccc(Cl)c(Br)c2)c(-c2cccs2)c1N. The van der Waals surface area contributed by atoms with Crippen LogP contribution in [0.15, 0.2) is 40.2 Å². The molecule has 0 radical (unpaired) electrons. The van der Waals surface area contributed by atoms with Gasteiger partial charge in [0.05, 0.1) is 10.6 Å². The highest BCUT2D eigenvalue weighted by Crippen LogP contribution is 2.39. The van der Waals surface area contributed by atoms with Crippen LogP contribution in [0, 0.1) is 0 Å². The number of thiophene rings is 1. The molecule has 0 spiro atoms. The molecule has 0 saturated heterocycles. The zero-order chi connectivity index (χ0) is 14.3. The summed E-state index contributed by atoms with van der Waals surface area (Å²) in [7, 11) is 1.85. The third-order valence-electron chi connectivity index (χ3n) is 3.05. The summed E-state index contributed by atoms with van der Waals surface area (Å²) in [6, 6.07) is 9.82. The predicted molar refractivity (Wildman–Crippen MR) is 89.1 cm³/mol. The molecule has 0 saturated carbocycles. The van der Waals surface area contributed by atoms with Crippen LogP contribution in [-0.4, -0.2) is 9.78 Å². The van der Waals surface area contributed by atoms with Gasteiger partial charge in [0.25, 0.3) is 0 Å². The largest absolute Gasteiger partial charge is 0.383 e. The number of rotatable bonds is 2. The highest BCUT2D eigenvalue weighted by molar-refractivity contribution is 9.10. The quantitative estimate of drug-likeness (QED) is 0.705. The number of aryl methyl sites for hydroxylation is 1. The van der Waals surface area contributed by atoms with E-state index in [2.05, 4.69) is 21.0 Å². The first-order valence-electron chi connectivity index (χ1n) is 5.89. The van der Waals surface area contributed by atoms with E-state index in [1.165, 1.54) is 0 Å². The Kier molecular flexibility index (Phi) is 3.58. The smallest absolute Gasteiger partial charge is 0.130 e. The van der Waals surface area contributed by atoms with E-state index >= 15 is 0 Å². The highest BCUT2D eigenvalue weighted by Gasteiger charge is 2.18. The maximum atomic E-state index is 6.17. The molecule has 2 aromatic heterocycles. The highest BCUT2D eigenvalue weighted by atomic mass is 79.9. The Balaban J connectivity index is 2.24. The lowest BCUT2D eigenvalue weighted by Gasteiger charge is -2.03. The zero-order valence-corrected chi connectivity index (χ0v) is 13.8. The van der Waals surface area contributed by atoms with Crippen molar-refractivity contribution in [2.45, 2.75) is 0 Å². The van der Waals surface area contributed by atoms with Gasteiger partial charge in [-0.25, -0.2) is 0 Å². The maximum absolute atomic E-state index is 6.17. The first-order chi connectivity index (χ1) is 9.58. The van der Waals surface area contributed by atoms with Gasteiger partial charge in [-0.2, -0.15) is 5.10 Å². The summed E-state index contributed by atoms with van der Waals surface area (Å²) in [5, 5.41) is 7.25. The second kappa shape index (κ2) is 5.24. The fraction of sp³-hybridized carbons (Fsp3) is 0.0714. The van der Waals surface area contributed by atoms with Crippen molar-refractivity contribution in [1.29, 1.82) is 0 Å². The molecule has 3 nitrogen and oxygen atoms in total. The number of nitrogen functional groups attached to an aromatic ring is 1. The van der Waals surface area contributed by atoms with Crippen LogP contribution in [0.25, 0.3) is 21.7 Å². The number of hydrogen-bond acceptors (Lipinski definition) is 3. The van der Waals surface area contributed by atoms with Crippen molar-refractivity contribution < 1.29 is 0 Å². The van der Waals surface area contributed by atoms with E-state index in [9.17, 15) is 0 Å². The van der Waals surface area contributed by atoms with E-state index in [1.54, 1.807) is 16.0 Å². The van der Waals surface area contributed by atoms with Crippen molar-refractivity contribution in [3.63, 3.8) is 0 Å². The van der Waals surface area contributed by atoms with Crippen LogP contribution in [-0.2, 0) is 7.05 Å². The van der Waals surface area contributed by atoms with E-state index in [0.717, 1.165) is 26.2 Å². The standard InChI is InChI=1S/C14H11BrClN3S/c1-19-14(17)12(11-3-2-6-20-11)13(18-19)8-4-5-10(16)9(15)7-8/h2-7H,17H2,1H3. The van der Waals surface area contributed by atoms with Crippen LogP contribution in [0.1, 0.15) is 0 Å². The van der Waals surface area contributed by atoms with Crippen LogP contribution in [0.4, 0.5) is 5.82 Å². The summed E-state index contributed by atoms with van der Waals surface area (Å²) < 4.78 is 2.55. The molecular weight excluding hydrogens is 358 g/mol. The Bertz CT molecular complexity index is 765. The molecule has 3 rings (SSSR count). The number of hydrogen-bond donors (Lipinski definition) is 1. The van der Waals surface area contributed by atoms with Crippen molar-refractivity contribution in [2.75, 3.05) is 5.73 Å². The first-order valence-corrected chi connectivity index (χ1v) is 7.94. The van der Waals surface area contributed by atoms with E-state index in [1.807, 2.05) is 42.8 Å². The molecule has 1 aromatic carbocycles. The van der Waals surface area contributed by atoms with Crippen LogP contribution in [0.5, 0.6) is 0 Å². The lowest BCUT2D eigenvalue weighted by atomic mass is 10.1. The maximum Gasteiger partial charge on any atom is 0.130 e. The summed E-state index contributed by atoms with van der Waals surface area (Å²) in [4.78, 5) is 1.11. The van der Waals surface area contributed by atoms with Crippen LogP contribution >= 0.6 is 38.9 Å². The molecule has 102 valence electrons. The van der Waals surface area contributed by atoms with Crippen molar-refractivity contribution in [2.24, 2.45) is 7.05 Å². The Morgan fingerprint density at radius 2 is 2.15 bits per heavy atom. The van der Waals surface area contributed by atoms with E-state index < -0.39 is 0 Å². The van der Waals surface area contributed by atoms with Crippen LogP contribution < -0.4 is 5.73 Å². The topological polar surface area (TPSA) is 43.8 Å². The molecular formula is C14H11BrClN3S. The van der Waals surface area contributed by atoms with Gasteiger partial charge in [0.2, 0.25) is 0 Å². The lowest BCUT2D eigenvalue weighted by Crippen LogP contribution is -1.97. The molecule has 0 aliphatic rings. The number of benzene rings is 1. The Morgan fingerprint density at radius 3 is 2.80 bits per heavy atom. The van der Waals surface area contributed by atoms with Gasteiger partial charge in [0.1, 0.15) is 11.5 Å². The predicted octanol–water partition coefficient (Wildman–Crippen LogP) is 4.81. The minimum atomic E-state index is 0.661. The van der Waals surface area contributed by atoms with Gasteiger partial charge >= 0.3 is 0 Å². The molecule has 0 amide bonds. The van der Waals surface area contributed by atoms with Crippen LogP contribution in [0.2, 0.25) is 5.02 Å². The third kappa shape index (κ3) is 2.26. The van der Waals surface area contributed by atoms with Crippen molar-refractivity contribution in [3.8, 4) is 21.7 Å². The molecule has 2 N–H and O–H groups in total. The fourth-order valence-electron chi connectivity index (χ4n) is 2.05. The average Bonchev–Trinajstić information content (AvgIpc) is 3.03. The molecule has 0 aliphatic carbocycles. The minimum Gasteiger partial charge on any atom is -0.383 e. The van der Waals surface area contributed by atoms with Crippen molar-refractivity contribution in [1.82, 2.24) is 9.78 Å². The Labute approximate surface area is 134 Å². The van der Waals surface area contributed by atoms with Crippen LogP contribution in [0.3, 0.4) is 0 Å². The second-order valence-electron chi connectivity index (χ2n) is 4.34. The molecule has 0 atom stereocenters. The zero-order valence-electron chi connectivity index (χ0n) is 10.6. The van der Waals surface area contributed by atoms with Crippen molar-refractivity contribution >= 4 is 44.7 Å². The summed E-state index contributed by atoms with van der Waals surface area (Å²) in [6.07, 6.45) is 0. The number of anilines is 1. The molecule has 0 bridgehead atoms. The van der Waals surface area contributed by atoms with E-state index in [4.69, 9.17) is 17.3 Å². The average molecular weight is 369 g/mol. The number of nitrogens with zero attached hydrogens (tertiary/aromatic N) is 2. The number of aromatic nitrogens is 2. The molecule has 6 heteroatoms. The summed E-state index contributed by atoms with van der Waals surface area (Å²) >= 11 is 11.1. The number of nitrogens with two attached hydrogens (primary N) is 1. The lowest BCUT2D eigenvalue weighted by molar-refractivity contribution is 0.782. The molecule has 0 unspecified atom stereocenters. The molecule has 3 aromatic rings. The van der Waals surface area contributed by atoms with Gasteiger partial charge in [-0.1, -0.05) is 23.7 Å². The molecule has 0 fully saturated rings. The first kappa shape index (κ1) is 13.7. The van der Waals surface area contributed by atoms with Gasteiger partial charge in [0.15, 0.2) is 0 Å². The van der Waals surface area contributed by atoms with Gasteiger partial charge in [0, 0.05) is 22.0 Å². The van der Waals surface area contributed by atoms with Gasteiger partial charge in [-0.3, -0.25) is 4.68 Å². The van der Waals surface area contributed by atoms with E-state index in [0.29, 0.717) is 10.8 Å². The monoisotopic (exact) mass is 367 g/mol. The fourth-order valence-corrected chi connectivity index (χ4v) is 3.32. The Hall–Kier alpha value is -1.30.